The van der Waals surface area contributed by atoms with Gasteiger partial charge in [-0.05, 0) is 53.5 Å². The Morgan fingerprint density at radius 1 is 1.13 bits per heavy atom. The summed E-state index contributed by atoms with van der Waals surface area (Å²) in [5.41, 5.74) is 2.96. The maximum absolute atomic E-state index is 12.5. The molecule has 160 valence electrons. The van der Waals surface area contributed by atoms with Crippen LogP contribution >= 0.6 is 39.1 Å². The third-order valence-corrected chi connectivity index (χ3v) is 6.29. The van der Waals surface area contributed by atoms with Crippen molar-refractivity contribution in [2.75, 3.05) is 5.32 Å². The first-order chi connectivity index (χ1) is 14.8. The van der Waals surface area contributed by atoms with Gasteiger partial charge >= 0.3 is 0 Å². The Morgan fingerprint density at radius 2 is 1.94 bits per heavy atom. The molecule has 0 spiro atoms. The van der Waals surface area contributed by atoms with Crippen molar-refractivity contribution in [3.63, 3.8) is 0 Å². The summed E-state index contributed by atoms with van der Waals surface area (Å²) in [6.45, 7) is 4.66. The zero-order valence-corrected chi connectivity index (χ0v) is 19.6. The van der Waals surface area contributed by atoms with Gasteiger partial charge < -0.3 is 0 Å². The van der Waals surface area contributed by atoms with Crippen LogP contribution in [0.5, 0.6) is 0 Å². The molecule has 0 atom stereocenters. The van der Waals surface area contributed by atoms with Crippen LogP contribution in [0.4, 0.5) is 5.95 Å². The minimum absolute atomic E-state index is 0.173. The van der Waals surface area contributed by atoms with E-state index in [4.69, 9.17) is 23.2 Å². The molecule has 0 aliphatic carbocycles. The molecule has 31 heavy (non-hydrogen) atoms. The lowest BCUT2D eigenvalue weighted by Crippen LogP contribution is -2.16. The number of halogens is 3. The average molecular weight is 524 g/mol. The summed E-state index contributed by atoms with van der Waals surface area (Å²) in [6, 6.07) is 6.86. The fraction of sp³-hybridized carbons (Fsp3) is 0.211. The highest BCUT2D eigenvalue weighted by molar-refractivity contribution is 9.10. The van der Waals surface area contributed by atoms with Crippen LogP contribution in [0.2, 0.25) is 10.0 Å². The molecular weight excluding hydrogens is 507 g/mol. The predicted octanol–water partition coefficient (Wildman–Crippen LogP) is 4.16. The van der Waals surface area contributed by atoms with E-state index in [-0.39, 0.29) is 11.6 Å². The maximum atomic E-state index is 12.5. The molecule has 3 aromatic heterocycles. The number of anilines is 1. The van der Waals surface area contributed by atoms with Crippen LogP contribution in [0.3, 0.4) is 0 Å². The molecule has 0 saturated carbocycles. The highest BCUT2D eigenvalue weighted by Gasteiger charge is 2.14. The molecule has 4 rings (SSSR count). The van der Waals surface area contributed by atoms with Crippen LogP contribution in [-0.4, -0.2) is 40.2 Å². The van der Waals surface area contributed by atoms with Gasteiger partial charge in [-0.15, -0.1) is 5.10 Å². The smallest absolute Gasteiger partial charge is 0.278 e. The number of hydrogen-bond acceptors (Lipinski definition) is 5. The number of hydrogen-bond donors (Lipinski definition) is 1. The maximum Gasteiger partial charge on any atom is 0.278 e. The van der Waals surface area contributed by atoms with Crippen molar-refractivity contribution in [1.82, 2.24) is 34.3 Å². The zero-order valence-electron chi connectivity index (χ0n) is 16.6. The number of carbonyl (C=O) groups is 1. The first-order valence-corrected chi connectivity index (χ1v) is 10.7. The molecule has 12 heteroatoms. The summed E-state index contributed by atoms with van der Waals surface area (Å²) in [7, 11) is 0. The van der Waals surface area contributed by atoms with E-state index in [1.165, 1.54) is 6.33 Å². The first-order valence-electron chi connectivity index (χ1n) is 9.18. The van der Waals surface area contributed by atoms with Gasteiger partial charge in [0, 0.05) is 16.2 Å². The van der Waals surface area contributed by atoms with E-state index in [0.29, 0.717) is 23.3 Å². The van der Waals surface area contributed by atoms with E-state index < -0.39 is 5.91 Å². The van der Waals surface area contributed by atoms with E-state index in [9.17, 15) is 4.79 Å². The number of carbonyl (C=O) groups excluding carboxylic acids is 1. The second-order valence-corrected chi connectivity index (χ2v) is 8.46. The number of rotatable bonds is 6. The van der Waals surface area contributed by atoms with Gasteiger partial charge in [0.1, 0.15) is 13.0 Å². The number of nitrogens with one attached hydrogen (secondary N) is 1. The van der Waals surface area contributed by atoms with Crippen molar-refractivity contribution in [1.29, 1.82) is 0 Å². The van der Waals surface area contributed by atoms with Crippen molar-refractivity contribution in [2.24, 2.45) is 0 Å². The van der Waals surface area contributed by atoms with Crippen LogP contribution < -0.4 is 5.32 Å². The number of aryl methyl sites for hydroxylation is 1. The molecule has 0 aliphatic rings. The molecule has 1 aromatic carbocycles. The SMILES string of the molecule is Cc1nn(Cn2ccc(C(=O)Nc3ncn(Cc4ccc(Cl)cc4Cl)n3)n2)c(C)c1Br. The summed E-state index contributed by atoms with van der Waals surface area (Å²) in [4.78, 5) is 16.6. The summed E-state index contributed by atoms with van der Waals surface area (Å²) in [5, 5.41) is 16.8. The standard InChI is InChI=1S/C19H17BrCl2N8O/c1-11-17(20)12(2)30(25-11)10-28-6-5-16(26-28)18(31)24-19-23-9-29(27-19)8-13-3-4-14(21)7-15(13)22/h3-7,9H,8,10H2,1-2H3,(H,24,27,31). The average Bonchev–Trinajstić information content (AvgIpc) is 3.42. The number of nitrogens with zero attached hydrogens (tertiary/aromatic N) is 7. The van der Waals surface area contributed by atoms with Crippen molar-refractivity contribution >= 4 is 51.0 Å². The monoisotopic (exact) mass is 522 g/mol. The Hall–Kier alpha value is -2.69. The minimum atomic E-state index is -0.407. The lowest BCUT2D eigenvalue weighted by atomic mass is 10.2. The van der Waals surface area contributed by atoms with Crippen molar-refractivity contribution < 1.29 is 4.79 Å². The molecule has 3 heterocycles. The first kappa shape index (κ1) is 21.5. The molecule has 1 amide bonds. The Morgan fingerprint density at radius 3 is 2.65 bits per heavy atom. The molecule has 0 unspecified atom stereocenters. The predicted molar refractivity (Wildman–Crippen MR) is 121 cm³/mol. The molecule has 1 N–H and O–H groups in total. The van der Waals surface area contributed by atoms with Gasteiger partial charge in [0.15, 0.2) is 5.69 Å². The quantitative estimate of drug-likeness (QED) is 0.409. The van der Waals surface area contributed by atoms with Gasteiger partial charge in [0.2, 0.25) is 5.95 Å². The van der Waals surface area contributed by atoms with Gasteiger partial charge in [-0.1, -0.05) is 29.3 Å². The molecule has 0 radical (unpaired) electrons. The zero-order chi connectivity index (χ0) is 22.1. The van der Waals surface area contributed by atoms with Crippen molar-refractivity contribution in [3.8, 4) is 0 Å². The van der Waals surface area contributed by atoms with Crippen LogP contribution in [0.25, 0.3) is 0 Å². The molecule has 4 aromatic rings. The van der Waals surface area contributed by atoms with Crippen LogP contribution in [0, 0.1) is 13.8 Å². The van der Waals surface area contributed by atoms with Gasteiger partial charge in [0.05, 0.1) is 22.4 Å². The number of amides is 1. The lowest BCUT2D eigenvalue weighted by molar-refractivity contribution is 0.102. The van der Waals surface area contributed by atoms with Crippen molar-refractivity contribution in [2.45, 2.75) is 27.1 Å². The fourth-order valence-corrected chi connectivity index (χ4v) is 3.68. The fourth-order valence-electron chi connectivity index (χ4n) is 2.93. The third-order valence-electron chi connectivity index (χ3n) is 4.55. The topological polar surface area (TPSA) is 95.5 Å². The minimum Gasteiger partial charge on any atom is -0.288 e. The van der Waals surface area contributed by atoms with Gasteiger partial charge in [-0.2, -0.15) is 10.2 Å². The molecule has 0 fully saturated rings. The van der Waals surface area contributed by atoms with Crippen LogP contribution in [-0.2, 0) is 13.2 Å². The second-order valence-electron chi connectivity index (χ2n) is 6.82. The Balaban J connectivity index is 1.40. The number of benzene rings is 1. The van der Waals surface area contributed by atoms with Gasteiger partial charge in [0.25, 0.3) is 5.91 Å². The Labute approximate surface area is 196 Å². The number of aromatic nitrogens is 7. The lowest BCUT2D eigenvalue weighted by Gasteiger charge is -2.05. The van der Waals surface area contributed by atoms with Gasteiger partial charge in [-0.3, -0.25) is 14.8 Å². The molecular formula is C19H17BrCl2N8O. The van der Waals surface area contributed by atoms with Crippen LogP contribution in [0.15, 0.2) is 41.3 Å². The second kappa shape index (κ2) is 8.81. The Kier molecular flexibility index (Phi) is 6.12. The summed E-state index contributed by atoms with van der Waals surface area (Å²) < 4.78 is 5.97. The van der Waals surface area contributed by atoms with E-state index in [1.807, 2.05) is 19.9 Å². The summed E-state index contributed by atoms with van der Waals surface area (Å²) in [6.07, 6.45) is 3.23. The Bertz CT molecular complexity index is 1260. The molecule has 9 nitrogen and oxygen atoms in total. The highest BCUT2D eigenvalue weighted by Crippen LogP contribution is 2.22. The van der Waals surface area contributed by atoms with E-state index in [2.05, 4.69) is 41.5 Å². The van der Waals surface area contributed by atoms with E-state index >= 15 is 0 Å². The van der Waals surface area contributed by atoms with E-state index in [0.717, 1.165) is 21.4 Å². The van der Waals surface area contributed by atoms with Crippen molar-refractivity contribution in [3.05, 3.63) is 74.0 Å². The van der Waals surface area contributed by atoms with E-state index in [1.54, 1.807) is 38.4 Å². The molecule has 0 saturated heterocycles. The van der Waals surface area contributed by atoms with Crippen LogP contribution in [0.1, 0.15) is 27.4 Å². The summed E-state index contributed by atoms with van der Waals surface area (Å²) in [5.74, 6) is -0.234. The molecule has 0 aliphatic heterocycles. The highest BCUT2D eigenvalue weighted by atomic mass is 79.9. The van der Waals surface area contributed by atoms with Gasteiger partial charge in [-0.25, -0.2) is 14.3 Å². The molecule has 0 bridgehead atoms. The normalized spacial score (nSPS) is 11.1. The third kappa shape index (κ3) is 4.81. The summed E-state index contributed by atoms with van der Waals surface area (Å²) >= 11 is 15.6. The largest absolute Gasteiger partial charge is 0.288 e.